The number of nitrogens with two attached hydrogens (primary N) is 1. The number of nitrogen functional groups attached to an aromatic ring is 1. The van der Waals surface area contributed by atoms with Crippen LogP contribution in [0.1, 0.15) is 0 Å². The maximum Gasteiger partial charge on any atom is 0.536 e. The number of methoxy groups -OCH3 is 2. The summed E-state index contributed by atoms with van der Waals surface area (Å²) in [5, 5.41) is 0.350. The number of anilines is 1. The van der Waals surface area contributed by atoms with Crippen LogP contribution in [0, 0.1) is 0 Å². The summed E-state index contributed by atoms with van der Waals surface area (Å²) in [6.07, 6.45) is 0. The zero-order valence-electron chi connectivity index (χ0n) is 17.1. The van der Waals surface area contributed by atoms with E-state index in [1.807, 2.05) is 0 Å². The van der Waals surface area contributed by atoms with Crippen LogP contribution in [0.25, 0.3) is 22.2 Å². The second-order valence-electron chi connectivity index (χ2n) is 6.56. The molecule has 1 unspecified atom stereocenters. The number of hydrogen-bond acceptors (Lipinski definition) is 8. The number of phosphoric ester groups is 1. The summed E-state index contributed by atoms with van der Waals surface area (Å²) in [5.74, 6) is 0.481. The van der Waals surface area contributed by atoms with Crippen molar-refractivity contribution in [1.82, 2.24) is 4.57 Å². The molecule has 0 spiro atoms. The average molecular weight is 486 g/mol. The van der Waals surface area contributed by atoms with Gasteiger partial charge >= 0.3 is 15.6 Å². The molecule has 1 atom stereocenters. The van der Waals surface area contributed by atoms with Crippen molar-refractivity contribution in [3.8, 4) is 28.5 Å². The highest BCUT2D eigenvalue weighted by Crippen LogP contribution is 2.57. The first-order valence-electron chi connectivity index (χ1n) is 8.80. The molecule has 14 heteroatoms. The van der Waals surface area contributed by atoms with Crippen LogP contribution < -0.4 is 25.2 Å². The van der Waals surface area contributed by atoms with Crippen molar-refractivity contribution >= 4 is 32.2 Å². The number of pyridine rings is 1. The van der Waals surface area contributed by atoms with E-state index in [1.54, 1.807) is 23.7 Å². The molecule has 0 aliphatic carbocycles. The lowest BCUT2D eigenvalue weighted by molar-refractivity contribution is 0.229. The Morgan fingerprint density at radius 2 is 1.66 bits per heavy atom. The number of benzene rings is 2. The number of rotatable bonds is 7. The summed E-state index contributed by atoms with van der Waals surface area (Å²) in [5.41, 5.74) is 6.87. The summed E-state index contributed by atoms with van der Waals surface area (Å²) < 4.78 is 43.3. The number of aryl methyl sites for hydroxylation is 1. The monoisotopic (exact) mass is 486 g/mol. The van der Waals surface area contributed by atoms with Gasteiger partial charge in [-0.25, -0.2) is 9.13 Å². The van der Waals surface area contributed by atoms with E-state index in [0.717, 1.165) is 0 Å². The first-order valence-corrected chi connectivity index (χ1v) is 11.8. The lowest BCUT2D eigenvalue weighted by Gasteiger charge is -2.17. The average Bonchev–Trinajstić information content (AvgIpc) is 2.69. The summed E-state index contributed by atoms with van der Waals surface area (Å²) in [6, 6.07) is 8.66. The van der Waals surface area contributed by atoms with Crippen molar-refractivity contribution in [2.75, 3.05) is 20.0 Å². The molecule has 0 aliphatic heterocycles. The molecule has 1 aromatic heterocycles. The predicted molar refractivity (Wildman–Crippen MR) is 116 cm³/mol. The van der Waals surface area contributed by atoms with Crippen molar-refractivity contribution in [2.45, 2.75) is 0 Å². The molecule has 172 valence electrons. The molecule has 0 bridgehead atoms. The first-order chi connectivity index (χ1) is 14.8. The fourth-order valence-electron chi connectivity index (χ4n) is 3.13. The molecule has 0 radical (unpaired) electrons. The molecule has 0 saturated carbocycles. The number of phosphoric acid groups is 2. The van der Waals surface area contributed by atoms with Gasteiger partial charge in [0.15, 0.2) is 11.2 Å². The Morgan fingerprint density at radius 1 is 0.969 bits per heavy atom. The van der Waals surface area contributed by atoms with Crippen LogP contribution in [0.3, 0.4) is 0 Å². The van der Waals surface area contributed by atoms with Gasteiger partial charge < -0.3 is 34.1 Å². The van der Waals surface area contributed by atoms with Crippen LogP contribution in [-0.2, 0) is 20.5 Å². The Hall–Kier alpha value is -2.85. The van der Waals surface area contributed by atoms with Gasteiger partial charge in [-0.1, -0.05) is 0 Å². The SMILES string of the molecule is COc1cc(OC)c2c(=O)cc(-c3ccc(OP(=O)(O)OP(=O)(O)O)c(N)c3)n(C)c2c1. The molecule has 32 heavy (non-hydrogen) atoms. The van der Waals surface area contributed by atoms with E-state index in [9.17, 15) is 18.8 Å². The molecule has 0 saturated heterocycles. The minimum Gasteiger partial charge on any atom is -0.497 e. The molecule has 12 nitrogen and oxygen atoms in total. The Bertz CT molecular complexity index is 1350. The van der Waals surface area contributed by atoms with Gasteiger partial charge in [0.25, 0.3) is 0 Å². The Labute approximate surface area is 181 Å². The number of fused-ring (bicyclic) bond motifs is 1. The van der Waals surface area contributed by atoms with Crippen molar-refractivity contribution in [3.05, 3.63) is 46.6 Å². The number of aromatic nitrogens is 1. The second kappa shape index (κ2) is 8.59. The van der Waals surface area contributed by atoms with E-state index < -0.39 is 15.6 Å². The fourth-order valence-corrected chi connectivity index (χ4v) is 4.76. The first kappa shape index (κ1) is 23.8. The minimum absolute atomic E-state index is 0.137. The minimum atomic E-state index is -5.28. The molecule has 3 aromatic rings. The highest BCUT2D eigenvalue weighted by molar-refractivity contribution is 7.60. The quantitative estimate of drug-likeness (QED) is 0.284. The molecule has 0 aliphatic rings. The van der Waals surface area contributed by atoms with Crippen molar-refractivity contribution < 1.29 is 42.1 Å². The summed E-state index contributed by atoms with van der Waals surface area (Å²) >= 11 is 0. The van der Waals surface area contributed by atoms with Crippen LogP contribution in [0.2, 0.25) is 0 Å². The molecule has 3 rings (SSSR count). The zero-order chi connectivity index (χ0) is 23.8. The van der Waals surface area contributed by atoms with Gasteiger partial charge in [0, 0.05) is 30.8 Å². The molecular weight excluding hydrogens is 466 g/mol. The van der Waals surface area contributed by atoms with Gasteiger partial charge in [0.05, 0.1) is 36.5 Å². The molecule has 5 N–H and O–H groups in total. The van der Waals surface area contributed by atoms with E-state index in [-0.39, 0.29) is 16.9 Å². The van der Waals surface area contributed by atoms with Gasteiger partial charge in [-0.3, -0.25) is 9.69 Å². The number of hydrogen-bond donors (Lipinski definition) is 4. The van der Waals surface area contributed by atoms with Crippen molar-refractivity contribution in [3.63, 3.8) is 0 Å². The van der Waals surface area contributed by atoms with Crippen LogP contribution in [0.15, 0.2) is 41.2 Å². The van der Waals surface area contributed by atoms with E-state index in [0.29, 0.717) is 33.7 Å². The normalized spacial score (nSPS) is 13.6. The maximum absolute atomic E-state index is 12.8. The van der Waals surface area contributed by atoms with Crippen LogP contribution in [-0.4, -0.2) is 33.5 Å². The molecule has 2 aromatic carbocycles. The van der Waals surface area contributed by atoms with Gasteiger partial charge in [-0.05, 0) is 18.2 Å². The maximum atomic E-state index is 12.8. The lowest BCUT2D eigenvalue weighted by atomic mass is 10.1. The largest absolute Gasteiger partial charge is 0.536 e. The van der Waals surface area contributed by atoms with Gasteiger partial charge in [-0.2, -0.15) is 4.31 Å². The summed E-state index contributed by atoms with van der Waals surface area (Å²) in [6.45, 7) is 0. The van der Waals surface area contributed by atoms with Gasteiger partial charge in [0.2, 0.25) is 0 Å². The van der Waals surface area contributed by atoms with E-state index >= 15 is 0 Å². The Kier molecular flexibility index (Phi) is 6.39. The third-order valence-electron chi connectivity index (χ3n) is 4.48. The predicted octanol–water partition coefficient (Wildman–Crippen LogP) is 2.39. The smallest absolute Gasteiger partial charge is 0.497 e. The fraction of sp³-hybridized carbons (Fsp3) is 0.167. The highest BCUT2D eigenvalue weighted by Gasteiger charge is 2.34. The molecule has 0 amide bonds. The standard InChI is InChI=1S/C18H20N2O10P2/c1-20-13(9-15(21)18-14(20)7-11(27-2)8-17(18)28-3)10-4-5-16(12(19)6-10)29-32(25,26)30-31(22,23)24/h4-9H,19H2,1-3H3,(H,25,26)(H2,22,23,24). The number of ether oxygens (including phenoxy) is 2. The van der Waals surface area contributed by atoms with E-state index in [4.69, 9.17) is 25.0 Å². The molecule has 0 fully saturated rings. The van der Waals surface area contributed by atoms with E-state index in [1.165, 1.54) is 38.5 Å². The third kappa shape index (κ3) is 4.97. The van der Waals surface area contributed by atoms with Crippen LogP contribution in [0.5, 0.6) is 17.2 Å². The Morgan fingerprint density at radius 3 is 2.22 bits per heavy atom. The second-order valence-corrected chi connectivity index (χ2v) is 9.32. The highest BCUT2D eigenvalue weighted by atomic mass is 31.3. The van der Waals surface area contributed by atoms with Crippen LogP contribution in [0.4, 0.5) is 5.69 Å². The molecule has 1 heterocycles. The molecular formula is C18H20N2O10P2. The third-order valence-corrected chi connectivity index (χ3v) is 6.58. The summed E-state index contributed by atoms with van der Waals surface area (Å²) in [7, 11) is -5.79. The van der Waals surface area contributed by atoms with Crippen LogP contribution >= 0.6 is 15.6 Å². The zero-order valence-corrected chi connectivity index (χ0v) is 18.9. The lowest BCUT2D eigenvalue weighted by Crippen LogP contribution is -2.11. The van der Waals surface area contributed by atoms with Gasteiger partial charge in [-0.15, -0.1) is 0 Å². The Balaban J connectivity index is 2.09. The van der Waals surface area contributed by atoms with Crippen molar-refractivity contribution in [2.24, 2.45) is 7.05 Å². The topological polar surface area (TPSA) is 180 Å². The number of nitrogens with zero attached hydrogens (tertiary/aromatic N) is 1. The summed E-state index contributed by atoms with van der Waals surface area (Å²) in [4.78, 5) is 39.7. The van der Waals surface area contributed by atoms with Crippen molar-refractivity contribution in [1.29, 1.82) is 0 Å². The van der Waals surface area contributed by atoms with E-state index in [2.05, 4.69) is 8.83 Å². The van der Waals surface area contributed by atoms with Gasteiger partial charge in [0.1, 0.15) is 11.5 Å².